The number of fused-ring (bicyclic) bond motifs is 1. The number of carbonyl (C=O) groups excluding carboxylic acids is 2. The van der Waals surface area contributed by atoms with E-state index in [0.717, 1.165) is 67.0 Å². The van der Waals surface area contributed by atoms with Crippen LogP contribution in [0, 0.1) is 41.8 Å². The Morgan fingerprint density at radius 2 is 1.23 bits per heavy atom. The van der Waals surface area contributed by atoms with Gasteiger partial charge in [0.15, 0.2) is 0 Å². The van der Waals surface area contributed by atoms with E-state index in [1.165, 1.54) is 44.4 Å². The Labute approximate surface area is 451 Å². The van der Waals surface area contributed by atoms with Crippen LogP contribution in [0.5, 0.6) is 0 Å². The summed E-state index contributed by atoms with van der Waals surface area (Å²) in [6.07, 6.45) is -1.42. The lowest BCUT2D eigenvalue weighted by atomic mass is 9.93. The molecule has 0 saturated carbocycles. The summed E-state index contributed by atoms with van der Waals surface area (Å²) >= 11 is 2.89. The molecule has 422 valence electrons. The fraction of sp³-hybridized carbons (Fsp3) is 0.333. The normalized spacial score (nSPS) is 12.5. The van der Waals surface area contributed by atoms with Gasteiger partial charge in [-0.1, -0.05) is 54.9 Å². The van der Waals surface area contributed by atoms with E-state index in [9.17, 15) is 68.6 Å². The van der Waals surface area contributed by atoms with Gasteiger partial charge in [0.05, 0.1) is 23.8 Å². The number of carboxylic acid groups (broad SMARTS) is 2. The number of anilines is 2. The number of aliphatic carboxylic acids is 1. The molecular formula is C54H58BrF9N6O8. The molecule has 0 fully saturated rings. The van der Waals surface area contributed by atoms with Gasteiger partial charge in [0.1, 0.15) is 57.6 Å². The number of benzene rings is 4. The number of methoxy groups -OCH3 is 1. The number of pyridine rings is 2. The smallest absolute Gasteiger partial charge is 0.417 e. The van der Waals surface area contributed by atoms with Crippen molar-refractivity contribution in [1.82, 2.24) is 14.9 Å². The molecule has 1 amide bonds. The summed E-state index contributed by atoms with van der Waals surface area (Å²) in [7, 11) is 2.40. The second kappa shape index (κ2) is 28.8. The van der Waals surface area contributed by atoms with Gasteiger partial charge in [0.2, 0.25) is 0 Å². The van der Waals surface area contributed by atoms with E-state index in [1.54, 1.807) is 6.92 Å². The zero-order valence-electron chi connectivity index (χ0n) is 43.7. The van der Waals surface area contributed by atoms with Gasteiger partial charge in [-0.25, -0.2) is 40.7 Å². The number of halogens is 10. The number of ether oxygens (including phenoxy) is 1. The molecule has 6 aromatic rings. The van der Waals surface area contributed by atoms with Crippen molar-refractivity contribution in [3.8, 4) is 11.1 Å². The number of aryl methyl sites for hydroxylation is 1. The lowest BCUT2D eigenvalue weighted by molar-refractivity contribution is -0.139. The van der Waals surface area contributed by atoms with Crippen LogP contribution in [0.3, 0.4) is 0 Å². The van der Waals surface area contributed by atoms with Crippen molar-refractivity contribution >= 4 is 62.0 Å². The summed E-state index contributed by atoms with van der Waals surface area (Å²) in [5, 5.41) is 26.5. The predicted octanol–water partition coefficient (Wildman–Crippen LogP) is 12.0. The fourth-order valence-electron chi connectivity index (χ4n) is 6.91. The van der Waals surface area contributed by atoms with E-state index < -0.39 is 111 Å². The van der Waals surface area contributed by atoms with Crippen LogP contribution in [-0.2, 0) is 29.2 Å². The van der Waals surface area contributed by atoms with Gasteiger partial charge in [0.25, 0.3) is 11.5 Å². The summed E-state index contributed by atoms with van der Waals surface area (Å²) in [4.78, 5) is 63.7. The molecule has 0 aliphatic heterocycles. The molecule has 2 heterocycles. The van der Waals surface area contributed by atoms with Gasteiger partial charge in [-0.15, -0.1) is 0 Å². The van der Waals surface area contributed by atoms with Gasteiger partial charge >= 0.3 is 24.1 Å². The molecule has 14 nitrogen and oxygen atoms in total. The van der Waals surface area contributed by atoms with E-state index >= 15 is 0 Å². The maximum atomic E-state index is 14.8. The summed E-state index contributed by atoms with van der Waals surface area (Å²) < 4.78 is 130. The SMILES string of the molecule is CC[C@H](C)N.CC[C@H](C)Nc1cc(F)c(C(=O)N[C@@H](Cc2ccc(-c3c(C(F)(F)F)cc(C)n(C)c3=O)c3ncccc23)C(=O)O)c(F)c1.CC[C@H](C)Nc1cc(F)c(C(=O)O)c(F)c1.COC(=O)c1c(F)cc(Br)cc1F. The molecule has 0 unspecified atom stereocenters. The summed E-state index contributed by atoms with van der Waals surface area (Å²) in [5.41, 5.74) is 0.614. The summed E-state index contributed by atoms with van der Waals surface area (Å²) in [6, 6.07) is 10.9. The summed E-state index contributed by atoms with van der Waals surface area (Å²) in [6.45, 7) is 12.9. The number of aromatic nitrogens is 2. The first-order valence-corrected chi connectivity index (χ1v) is 24.6. The number of esters is 1. The third-order valence-corrected chi connectivity index (χ3v) is 12.2. The molecule has 4 atom stereocenters. The summed E-state index contributed by atoms with van der Waals surface area (Å²) in [5.74, 6) is -11.9. The third kappa shape index (κ3) is 17.3. The zero-order valence-corrected chi connectivity index (χ0v) is 45.2. The monoisotopic (exact) mass is 1170 g/mol. The van der Waals surface area contributed by atoms with E-state index in [2.05, 4.69) is 48.5 Å². The number of carboxylic acids is 2. The standard InChI is InChI=1S/C31H29F5N4O4.C11H13F2NO2.C8H5BrF2O2.C4H11N/c1-5-15(2)38-18-13-22(32)26(23(33)14-18)28(41)39-24(30(43)44)12-17-8-9-20(27-19(17)7-6-10-37-27)25-21(31(34,35)36)11-16(3)40(4)29(25)42;1-3-6(2)14-7-4-8(12)10(11(15)16)9(13)5-7;1-13-8(12)7-5(10)2-4(9)3-6(7)11;1-3-4(2)5/h6-11,13-15,24,38H,5,12H2,1-4H3,(H,39,41)(H,43,44);4-6,14H,3H2,1-2H3,(H,15,16);2-3H,1H3;4H,3,5H2,1-2H3/t15-,24-;6-;;4-/m00.0/s1. The van der Waals surface area contributed by atoms with Gasteiger partial charge in [-0.2, -0.15) is 13.2 Å². The third-order valence-electron chi connectivity index (χ3n) is 11.7. The first-order valence-electron chi connectivity index (χ1n) is 23.8. The first-order chi connectivity index (χ1) is 36.4. The fourth-order valence-corrected chi connectivity index (χ4v) is 7.32. The molecule has 0 radical (unpaired) electrons. The van der Waals surface area contributed by atoms with Crippen LogP contribution in [0.2, 0.25) is 0 Å². The number of hydrogen-bond acceptors (Lipinski definition) is 10. The predicted molar refractivity (Wildman–Crippen MR) is 281 cm³/mol. The number of nitrogens with two attached hydrogens (primary N) is 1. The lowest BCUT2D eigenvalue weighted by Gasteiger charge is -2.19. The van der Waals surface area contributed by atoms with Crippen LogP contribution in [0.1, 0.15) is 109 Å². The minimum Gasteiger partial charge on any atom is -0.480 e. The second-order valence-corrected chi connectivity index (χ2v) is 18.6. The van der Waals surface area contributed by atoms with Crippen molar-refractivity contribution in [1.29, 1.82) is 0 Å². The van der Waals surface area contributed by atoms with Crippen LogP contribution < -0.4 is 27.2 Å². The Hall–Kier alpha value is -7.47. The molecule has 0 aliphatic rings. The Balaban J connectivity index is 0.000000379. The number of aromatic carboxylic acids is 1. The number of alkyl halides is 3. The number of nitrogens with zero attached hydrogens (tertiary/aromatic N) is 2. The van der Waals surface area contributed by atoms with E-state index in [4.69, 9.17) is 10.8 Å². The molecule has 7 N–H and O–H groups in total. The van der Waals surface area contributed by atoms with Crippen LogP contribution in [0.25, 0.3) is 22.0 Å². The van der Waals surface area contributed by atoms with Crippen LogP contribution in [-0.4, -0.2) is 74.9 Å². The quantitative estimate of drug-likeness (QED) is 0.0418. The van der Waals surface area contributed by atoms with Gasteiger partial charge in [-0.05, 0) is 101 Å². The maximum Gasteiger partial charge on any atom is 0.417 e. The molecule has 78 heavy (non-hydrogen) atoms. The largest absolute Gasteiger partial charge is 0.480 e. The van der Waals surface area contributed by atoms with Crippen molar-refractivity contribution in [3.05, 3.63) is 156 Å². The van der Waals surface area contributed by atoms with Crippen molar-refractivity contribution < 1.29 is 73.6 Å². The Morgan fingerprint density at radius 3 is 1.65 bits per heavy atom. The van der Waals surface area contributed by atoms with Crippen molar-refractivity contribution in [2.75, 3.05) is 17.7 Å². The molecule has 4 aromatic carbocycles. The molecule has 6 rings (SSSR count). The van der Waals surface area contributed by atoms with E-state index in [1.807, 2.05) is 27.7 Å². The Kier molecular flexibility index (Phi) is 23.9. The number of nitrogens with one attached hydrogen (secondary N) is 3. The highest BCUT2D eigenvalue weighted by molar-refractivity contribution is 9.10. The molecule has 0 spiro atoms. The van der Waals surface area contributed by atoms with E-state index in [0.29, 0.717) is 12.5 Å². The van der Waals surface area contributed by atoms with Crippen molar-refractivity contribution in [2.24, 2.45) is 12.8 Å². The van der Waals surface area contributed by atoms with Crippen molar-refractivity contribution in [3.63, 3.8) is 0 Å². The maximum absolute atomic E-state index is 14.8. The first kappa shape index (κ1) is 64.8. The minimum absolute atomic E-state index is 0.00611. The number of carbonyl (C=O) groups is 4. The second-order valence-electron chi connectivity index (χ2n) is 17.6. The topological polar surface area (TPSA) is 215 Å². The average molecular weight is 1170 g/mol. The van der Waals surface area contributed by atoms with Crippen LogP contribution >= 0.6 is 15.9 Å². The number of amides is 1. The van der Waals surface area contributed by atoms with Crippen molar-refractivity contribution in [2.45, 2.75) is 104 Å². The highest BCUT2D eigenvalue weighted by Crippen LogP contribution is 2.38. The number of hydrogen-bond donors (Lipinski definition) is 6. The Bertz CT molecular complexity index is 3120. The Morgan fingerprint density at radius 1 is 0.756 bits per heavy atom. The molecular weight excluding hydrogens is 1110 g/mol. The van der Waals surface area contributed by atoms with Gasteiger partial charge in [-0.3, -0.25) is 14.6 Å². The van der Waals surface area contributed by atoms with Gasteiger partial charge < -0.3 is 41.2 Å². The average Bonchev–Trinajstić information content (AvgIpc) is 3.36. The zero-order chi connectivity index (χ0) is 59.1. The van der Waals surface area contributed by atoms with Gasteiger partial charge in [0, 0.05) is 70.3 Å². The van der Waals surface area contributed by atoms with Crippen LogP contribution in [0.15, 0.2) is 82.2 Å². The lowest BCUT2D eigenvalue weighted by Crippen LogP contribution is -2.43. The minimum atomic E-state index is -4.86. The molecule has 2 aromatic heterocycles. The molecule has 0 aliphatic carbocycles. The number of rotatable bonds is 15. The molecule has 24 heteroatoms. The van der Waals surface area contributed by atoms with E-state index in [-0.39, 0.29) is 55.7 Å². The van der Waals surface area contributed by atoms with Crippen LogP contribution in [0.4, 0.5) is 50.9 Å². The highest BCUT2D eigenvalue weighted by atomic mass is 79.9. The highest BCUT2D eigenvalue weighted by Gasteiger charge is 2.37. The molecule has 0 saturated heterocycles. The molecule has 0 bridgehead atoms.